The molecule has 0 unspecified atom stereocenters. The van der Waals surface area contributed by atoms with Crippen molar-refractivity contribution in [1.29, 1.82) is 0 Å². The smallest absolute Gasteiger partial charge is 0.0892 e. The van der Waals surface area contributed by atoms with Gasteiger partial charge in [0.05, 0.1) is 11.4 Å². The molecule has 0 fully saturated rings. The number of rotatable bonds is 3. The van der Waals surface area contributed by atoms with Crippen LogP contribution in [0, 0.1) is 6.92 Å². The Kier molecular flexibility index (Phi) is 4.06. The van der Waals surface area contributed by atoms with E-state index in [0.29, 0.717) is 11.4 Å². The van der Waals surface area contributed by atoms with E-state index < -0.39 is 0 Å². The van der Waals surface area contributed by atoms with Crippen LogP contribution in [-0.4, -0.2) is 0 Å². The molecule has 0 saturated heterocycles. The molecule has 0 atom stereocenters. The predicted molar refractivity (Wildman–Crippen MR) is 96.1 cm³/mol. The van der Waals surface area contributed by atoms with Crippen molar-refractivity contribution < 1.29 is 0 Å². The summed E-state index contributed by atoms with van der Waals surface area (Å²) in [5.74, 6) is 0. The van der Waals surface area contributed by atoms with Crippen LogP contribution in [0.1, 0.15) is 5.56 Å². The summed E-state index contributed by atoms with van der Waals surface area (Å²) in [5, 5.41) is 8.65. The van der Waals surface area contributed by atoms with Crippen molar-refractivity contribution in [3.63, 3.8) is 0 Å². The van der Waals surface area contributed by atoms with Crippen molar-refractivity contribution in [2.75, 3.05) is 11.5 Å². The Morgan fingerprint density at radius 1 is 0.739 bits per heavy atom. The minimum Gasteiger partial charge on any atom is -0.399 e. The van der Waals surface area contributed by atoms with E-state index in [9.17, 15) is 0 Å². The number of nitrogens with two attached hydrogens (primary N) is 2. The average molecular weight is 302 g/mol. The molecule has 0 aliphatic rings. The van der Waals surface area contributed by atoms with Gasteiger partial charge < -0.3 is 11.5 Å². The molecule has 0 spiro atoms. The average Bonchev–Trinajstić information content (AvgIpc) is 2.55. The lowest BCUT2D eigenvalue weighted by molar-refractivity contribution is 1.21. The minimum atomic E-state index is 0.656. The van der Waals surface area contributed by atoms with E-state index in [0.717, 1.165) is 28.1 Å². The normalized spacial score (nSPS) is 11.0. The molecule has 0 radical (unpaired) electrons. The predicted octanol–water partition coefficient (Wildman–Crippen LogP) is 5.24. The number of hydrogen-bond acceptors (Lipinski definition) is 4. The first-order valence-electron chi connectivity index (χ1n) is 7.37. The fraction of sp³-hybridized carbons (Fsp3) is 0.0526. The Morgan fingerprint density at radius 2 is 1.52 bits per heavy atom. The second kappa shape index (κ2) is 6.32. The molecule has 3 aromatic carbocycles. The Bertz CT molecular complexity index is 854. The number of nitrogens with zero attached hydrogens (tertiary/aromatic N) is 2. The standard InChI is InChI=1S/C19H18N4/c1-13-16(17-11-10-14(20)12-18(17)21)8-5-9-19(13)23-22-15-6-3-2-4-7-15/h2-12H,20-21H2,1H3. The fourth-order valence-electron chi connectivity index (χ4n) is 2.46. The van der Waals surface area contributed by atoms with Gasteiger partial charge in [0.15, 0.2) is 0 Å². The first-order valence-corrected chi connectivity index (χ1v) is 7.37. The zero-order chi connectivity index (χ0) is 16.2. The van der Waals surface area contributed by atoms with E-state index in [1.54, 1.807) is 6.07 Å². The minimum absolute atomic E-state index is 0.656. The van der Waals surface area contributed by atoms with Gasteiger partial charge in [0.25, 0.3) is 0 Å². The molecule has 3 rings (SSSR count). The van der Waals surface area contributed by atoms with Gasteiger partial charge in [-0.05, 0) is 48.4 Å². The molecular formula is C19H18N4. The summed E-state index contributed by atoms with van der Waals surface area (Å²) in [6.07, 6.45) is 0. The van der Waals surface area contributed by atoms with Crippen LogP contribution in [0.4, 0.5) is 22.7 Å². The van der Waals surface area contributed by atoms with E-state index in [1.807, 2.05) is 67.6 Å². The van der Waals surface area contributed by atoms with Gasteiger partial charge in [-0.25, -0.2) is 0 Å². The molecular weight excluding hydrogens is 284 g/mol. The van der Waals surface area contributed by atoms with Crippen molar-refractivity contribution in [1.82, 2.24) is 0 Å². The molecule has 23 heavy (non-hydrogen) atoms. The molecule has 0 aliphatic carbocycles. The third-order valence-electron chi connectivity index (χ3n) is 3.70. The van der Waals surface area contributed by atoms with E-state index in [1.165, 1.54) is 0 Å². The lowest BCUT2D eigenvalue weighted by Crippen LogP contribution is -1.94. The van der Waals surface area contributed by atoms with Gasteiger partial charge in [0, 0.05) is 16.9 Å². The van der Waals surface area contributed by atoms with Crippen molar-refractivity contribution in [2.24, 2.45) is 10.2 Å². The number of benzene rings is 3. The summed E-state index contributed by atoms with van der Waals surface area (Å²) in [6.45, 7) is 2.02. The van der Waals surface area contributed by atoms with Gasteiger partial charge in [-0.2, -0.15) is 10.2 Å². The Labute approximate surface area is 135 Å². The molecule has 0 saturated carbocycles. The molecule has 0 aliphatic heterocycles. The van der Waals surface area contributed by atoms with Gasteiger partial charge in [0.1, 0.15) is 0 Å². The Balaban J connectivity index is 2.00. The molecule has 4 heteroatoms. The second-order valence-corrected chi connectivity index (χ2v) is 5.33. The molecule has 3 aromatic rings. The van der Waals surface area contributed by atoms with Crippen LogP contribution < -0.4 is 11.5 Å². The quantitative estimate of drug-likeness (QED) is 0.512. The zero-order valence-electron chi connectivity index (χ0n) is 12.9. The third kappa shape index (κ3) is 3.21. The summed E-state index contributed by atoms with van der Waals surface area (Å²) in [4.78, 5) is 0. The van der Waals surface area contributed by atoms with Crippen LogP contribution in [0.25, 0.3) is 11.1 Å². The summed E-state index contributed by atoms with van der Waals surface area (Å²) in [6, 6.07) is 21.1. The highest BCUT2D eigenvalue weighted by atomic mass is 15.1. The summed E-state index contributed by atoms with van der Waals surface area (Å²) in [5.41, 5.74) is 17.9. The number of nitrogen functional groups attached to an aromatic ring is 2. The molecule has 4 N–H and O–H groups in total. The molecule has 4 nitrogen and oxygen atoms in total. The van der Waals surface area contributed by atoms with Gasteiger partial charge in [-0.15, -0.1) is 0 Å². The summed E-state index contributed by atoms with van der Waals surface area (Å²) >= 11 is 0. The van der Waals surface area contributed by atoms with E-state index in [4.69, 9.17) is 11.5 Å². The Morgan fingerprint density at radius 3 is 2.26 bits per heavy atom. The van der Waals surface area contributed by atoms with Gasteiger partial charge in [0.2, 0.25) is 0 Å². The second-order valence-electron chi connectivity index (χ2n) is 5.33. The van der Waals surface area contributed by atoms with Crippen LogP contribution in [0.5, 0.6) is 0 Å². The first-order chi connectivity index (χ1) is 11.1. The molecule has 0 heterocycles. The highest BCUT2D eigenvalue weighted by Gasteiger charge is 2.09. The Hall–Kier alpha value is -3.14. The monoisotopic (exact) mass is 302 g/mol. The lowest BCUT2D eigenvalue weighted by atomic mass is 9.97. The van der Waals surface area contributed by atoms with Crippen LogP contribution in [0.3, 0.4) is 0 Å². The SMILES string of the molecule is Cc1c(N=Nc2ccccc2)cccc1-c1ccc(N)cc1N. The lowest BCUT2D eigenvalue weighted by Gasteiger charge is -2.11. The molecule has 114 valence electrons. The van der Waals surface area contributed by atoms with E-state index >= 15 is 0 Å². The largest absolute Gasteiger partial charge is 0.399 e. The topological polar surface area (TPSA) is 76.8 Å². The van der Waals surface area contributed by atoms with Crippen molar-refractivity contribution in [3.8, 4) is 11.1 Å². The first kappa shape index (κ1) is 14.8. The van der Waals surface area contributed by atoms with Crippen molar-refractivity contribution >= 4 is 22.7 Å². The highest BCUT2D eigenvalue weighted by molar-refractivity contribution is 5.82. The van der Waals surface area contributed by atoms with Crippen molar-refractivity contribution in [3.05, 3.63) is 72.3 Å². The van der Waals surface area contributed by atoms with Gasteiger partial charge in [-0.3, -0.25) is 0 Å². The maximum atomic E-state index is 6.10. The number of azo groups is 1. The van der Waals surface area contributed by atoms with Crippen LogP contribution in [0.15, 0.2) is 77.0 Å². The van der Waals surface area contributed by atoms with Crippen LogP contribution >= 0.6 is 0 Å². The zero-order valence-corrected chi connectivity index (χ0v) is 12.9. The third-order valence-corrected chi connectivity index (χ3v) is 3.70. The summed E-state index contributed by atoms with van der Waals surface area (Å²) in [7, 11) is 0. The van der Waals surface area contributed by atoms with Gasteiger partial charge in [-0.1, -0.05) is 36.4 Å². The maximum absolute atomic E-state index is 6.10. The maximum Gasteiger partial charge on any atom is 0.0892 e. The van der Waals surface area contributed by atoms with Crippen LogP contribution in [0.2, 0.25) is 0 Å². The highest BCUT2D eigenvalue weighted by Crippen LogP contribution is 2.34. The summed E-state index contributed by atoms with van der Waals surface area (Å²) < 4.78 is 0. The fourth-order valence-corrected chi connectivity index (χ4v) is 2.46. The van der Waals surface area contributed by atoms with Crippen molar-refractivity contribution in [2.45, 2.75) is 6.92 Å². The molecule has 0 amide bonds. The van der Waals surface area contributed by atoms with Gasteiger partial charge >= 0.3 is 0 Å². The van der Waals surface area contributed by atoms with E-state index in [-0.39, 0.29) is 0 Å². The number of hydrogen-bond donors (Lipinski definition) is 2. The molecule has 0 bridgehead atoms. The molecule has 0 aromatic heterocycles. The van der Waals surface area contributed by atoms with E-state index in [2.05, 4.69) is 10.2 Å². The number of anilines is 2. The van der Waals surface area contributed by atoms with Crippen LogP contribution in [-0.2, 0) is 0 Å².